The molecule has 2 aliphatic heterocycles. The summed E-state index contributed by atoms with van der Waals surface area (Å²) in [5, 5.41) is 10.6. The number of nitrogens with zero attached hydrogens (tertiary/aromatic N) is 3. The Morgan fingerprint density at radius 2 is 1.82 bits per heavy atom. The van der Waals surface area contributed by atoms with Crippen molar-refractivity contribution in [3.8, 4) is 0 Å². The molecule has 2 saturated heterocycles. The molecule has 2 atom stereocenters. The van der Waals surface area contributed by atoms with E-state index < -0.39 is 48.1 Å². The fourth-order valence-corrected chi connectivity index (χ4v) is 4.53. The van der Waals surface area contributed by atoms with Crippen molar-refractivity contribution in [1.82, 2.24) is 9.80 Å². The molecule has 172 valence electrons. The van der Waals surface area contributed by atoms with Crippen LogP contribution in [0.15, 0.2) is 48.5 Å². The molecule has 2 fully saturated rings. The molecule has 0 aromatic heterocycles. The smallest absolute Gasteiger partial charge is 0.332 e. The van der Waals surface area contributed by atoms with Gasteiger partial charge in [0, 0.05) is 25.5 Å². The van der Waals surface area contributed by atoms with Gasteiger partial charge < -0.3 is 19.7 Å². The van der Waals surface area contributed by atoms with Crippen molar-refractivity contribution in [3.05, 3.63) is 64.9 Å². The molecular weight excluding hydrogens is 453 g/mol. The fraction of sp³-hybridized carbons (Fsp3) is 0.304. The number of imide groups is 1. The van der Waals surface area contributed by atoms with Crippen LogP contribution in [0.3, 0.4) is 0 Å². The van der Waals surface area contributed by atoms with Crippen molar-refractivity contribution in [2.75, 3.05) is 11.4 Å². The number of amides is 4. The molecule has 0 N–H and O–H groups in total. The second kappa shape index (κ2) is 9.19. The number of aliphatic carboxylic acids is 1. The fourth-order valence-electron chi connectivity index (χ4n) is 4.36. The Bertz CT molecular complexity index is 1110. The van der Waals surface area contributed by atoms with E-state index in [9.17, 15) is 28.7 Å². The van der Waals surface area contributed by atoms with Crippen molar-refractivity contribution >= 4 is 41.1 Å². The zero-order valence-corrected chi connectivity index (χ0v) is 18.2. The number of urea groups is 1. The molecule has 4 rings (SSSR count). The van der Waals surface area contributed by atoms with Crippen LogP contribution >= 0.6 is 11.6 Å². The monoisotopic (exact) mass is 472 g/mol. The maximum Gasteiger partial charge on any atom is 0.332 e. The van der Waals surface area contributed by atoms with Crippen LogP contribution in [0.25, 0.3) is 0 Å². The quantitative estimate of drug-likeness (QED) is 0.639. The first-order chi connectivity index (χ1) is 15.8. The zero-order chi connectivity index (χ0) is 23.7. The van der Waals surface area contributed by atoms with Gasteiger partial charge in [-0.3, -0.25) is 9.59 Å². The third kappa shape index (κ3) is 4.41. The summed E-state index contributed by atoms with van der Waals surface area (Å²) in [7, 11) is 0. The van der Waals surface area contributed by atoms with Crippen LogP contribution in [0.1, 0.15) is 24.8 Å². The summed E-state index contributed by atoms with van der Waals surface area (Å²) in [5.74, 6) is -3.21. The van der Waals surface area contributed by atoms with Gasteiger partial charge in [0.15, 0.2) is 0 Å². The third-order valence-corrected chi connectivity index (χ3v) is 6.19. The Labute approximate surface area is 194 Å². The Kier molecular flexibility index (Phi) is 6.33. The molecule has 0 spiro atoms. The van der Waals surface area contributed by atoms with Gasteiger partial charge in [-0.1, -0.05) is 41.9 Å². The van der Waals surface area contributed by atoms with Crippen LogP contribution in [-0.4, -0.2) is 52.2 Å². The summed E-state index contributed by atoms with van der Waals surface area (Å²) in [6.07, 6.45) is -0.414. The number of carbonyl (C=O) groups excluding carboxylic acids is 4. The lowest BCUT2D eigenvalue weighted by atomic mass is 10.0. The standard InChI is InChI=1S/C23H21ClFN3O5/c24-16-12-15(6-7-17(16)25)28-22(32)21-18(10-11-26(21)19(29)8-9-20(30)31)27(23(28)33)13-14-4-2-1-3-5-14/h1-7,12,18,21H,8-11,13H2,(H,30,31)/p-1/t18-,21+/m1/s1. The molecule has 33 heavy (non-hydrogen) atoms. The molecule has 0 radical (unpaired) electrons. The average molecular weight is 473 g/mol. The summed E-state index contributed by atoms with van der Waals surface area (Å²) < 4.78 is 13.7. The highest BCUT2D eigenvalue weighted by Crippen LogP contribution is 2.35. The van der Waals surface area contributed by atoms with Crippen molar-refractivity contribution < 1.29 is 28.7 Å². The van der Waals surface area contributed by atoms with Crippen LogP contribution in [0.4, 0.5) is 14.9 Å². The third-order valence-electron chi connectivity index (χ3n) is 5.90. The van der Waals surface area contributed by atoms with Crippen LogP contribution in [0, 0.1) is 5.82 Å². The first-order valence-corrected chi connectivity index (χ1v) is 10.8. The number of rotatable bonds is 6. The molecule has 0 bridgehead atoms. The SMILES string of the molecule is O=C([O-])CCC(=O)N1CC[C@@H]2[C@H]1C(=O)N(c1ccc(F)c(Cl)c1)C(=O)N2Cc1ccccc1. The van der Waals surface area contributed by atoms with Gasteiger partial charge in [0.25, 0.3) is 5.91 Å². The predicted molar refractivity (Wildman–Crippen MR) is 114 cm³/mol. The van der Waals surface area contributed by atoms with Gasteiger partial charge in [-0.05, 0) is 36.6 Å². The minimum Gasteiger partial charge on any atom is -0.550 e. The average Bonchev–Trinajstić information content (AvgIpc) is 3.23. The minimum atomic E-state index is -1.36. The Hall–Kier alpha value is -3.46. The lowest BCUT2D eigenvalue weighted by molar-refractivity contribution is -0.305. The highest BCUT2D eigenvalue weighted by atomic mass is 35.5. The van der Waals surface area contributed by atoms with E-state index in [0.717, 1.165) is 16.5 Å². The van der Waals surface area contributed by atoms with E-state index in [1.54, 1.807) is 0 Å². The second-order valence-corrected chi connectivity index (χ2v) is 8.34. The molecule has 4 amide bonds. The predicted octanol–water partition coefficient (Wildman–Crippen LogP) is 1.95. The molecule has 2 aromatic rings. The van der Waals surface area contributed by atoms with Gasteiger partial charge in [0.1, 0.15) is 11.9 Å². The van der Waals surface area contributed by atoms with E-state index in [4.69, 9.17) is 11.6 Å². The Morgan fingerprint density at radius 1 is 1.09 bits per heavy atom. The maximum atomic E-state index is 13.7. The van der Waals surface area contributed by atoms with E-state index in [2.05, 4.69) is 0 Å². The number of hydrogen-bond acceptors (Lipinski definition) is 5. The van der Waals surface area contributed by atoms with E-state index >= 15 is 0 Å². The number of benzene rings is 2. The maximum absolute atomic E-state index is 13.7. The Balaban J connectivity index is 1.71. The molecule has 0 saturated carbocycles. The number of halogens is 2. The summed E-state index contributed by atoms with van der Waals surface area (Å²) in [5.41, 5.74) is 0.916. The molecular formula is C23H20ClFN3O5-. The number of carboxylic acid groups (broad SMARTS) is 1. The van der Waals surface area contributed by atoms with E-state index in [1.165, 1.54) is 21.9 Å². The van der Waals surface area contributed by atoms with Crippen LogP contribution in [-0.2, 0) is 20.9 Å². The van der Waals surface area contributed by atoms with Gasteiger partial charge in [0.05, 0.1) is 16.8 Å². The highest BCUT2D eigenvalue weighted by Gasteiger charge is 2.53. The second-order valence-electron chi connectivity index (χ2n) is 7.93. The normalized spacial score (nSPS) is 20.2. The lowest BCUT2D eigenvalue weighted by Gasteiger charge is -2.43. The Morgan fingerprint density at radius 3 is 2.48 bits per heavy atom. The number of likely N-dealkylation sites (tertiary alicyclic amines) is 1. The summed E-state index contributed by atoms with van der Waals surface area (Å²) in [4.78, 5) is 54.2. The van der Waals surface area contributed by atoms with Crippen LogP contribution in [0.2, 0.25) is 5.02 Å². The van der Waals surface area contributed by atoms with E-state index in [-0.39, 0.29) is 30.2 Å². The molecule has 2 aromatic carbocycles. The van der Waals surface area contributed by atoms with E-state index in [1.807, 2.05) is 30.3 Å². The number of carbonyl (C=O) groups is 4. The molecule has 2 heterocycles. The van der Waals surface area contributed by atoms with Crippen molar-refractivity contribution in [1.29, 1.82) is 0 Å². The number of fused-ring (bicyclic) bond motifs is 1. The molecule has 10 heteroatoms. The molecule has 0 aliphatic carbocycles. The van der Waals surface area contributed by atoms with Gasteiger partial charge in [0.2, 0.25) is 5.91 Å². The van der Waals surface area contributed by atoms with Gasteiger partial charge in [-0.15, -0.1) is 0 Å². The minimum absolute atomic E-state index is 0.0851. The number of hydrogen-bond donors (Lipinski definition) is 0. The van der Waals surface area contributed by atoms with Crippen LogP contribution in [0.5, 0.6) is 0 Å². The largest absolute Gasteiger partial charge is 0.550 e. The summed E-state index contributed by atoms with van der Waals surface area (Å²) in [6, 6.07) is 10.5. The topological polar surface area (TPSA) is 101 Å². The van der Waals surface area contributed by atoms with Gasteiger partial charge >= 0.3 is 6.03 Å². The van der Waals surface area contributed by atoms with Crippen LogP contribution < -0.4 is 10.0 Å². The number of carboxylic acids is 1. The van der Waals surface area contributed by atoms with Gasteiger partial charge in [-0.2, -0.15) is 0 Å². The highest BCUT2D eigenvalue weighted by molar-refractivity contribution is 6.31. The van der Waals surface area contributed by atoms with E-state index in [0.29, 0.717) is 6.42 Å². The van der Waals surface area contributed by atoms with Gasteiger partial charge in [-0.25, -0.2) is 14.1 Å². The van der Waals surface area contributed by atoms with Crippen molar-refractivity contribution in [2.24, 2.45) is 0 Å². The first kappa shape index (κ1) is 22.7. The van der Waals surface area contributed by atoms with Crippen molar-refractivity contribution in [2.45, 2.75) is 37.9 Å². The zero-order valence-electron chi connectivity index (χ0n) is 17.4. The molecule has 2 aliphatic rings. The first-order valence-electron chi connectivity index (χ1n) is 10.4. The summed E-state index contributed by atoms with van der Waals surface area (Å²) >= 11 is 5.89. The molecule has 8 nitrogen and oxygen atoms in total. The lowest BCUT2D eigenvalue weighted by Crippen LogP contribution is -2.66. The molecule has 0 unspecified atom stereocenters. The summed E-state index contributed by atoms with van der Waals surface area (Å²) in [6.45, 7) is 0.393. The van der Waals surface area contributed by atoms with Crippen molar-refractivity contribution in [3.63, 3.8) is 0 Å². The number of anilines is 1.